The van der Waals surface area contributed by atoms with Crippen molar-refractivity contribution in [2.24, 2.45) is 0 Å². The molecule has 1 aromatic heterocycles. The van der Waals surface area contributed by atoms with Gasteiger partial charge in [0.1, 0.15) is 11.5 Å². The fourth-order valence-electron chi connectivity index (χ4n) is 1.49. The zero-order valence-corrected chi connectivity index (χ0v) is 10.4. The van der Waals surface area contributed by atoms with Crippen LogP contribution in [0.25, 0.3) is 0 Å². The number of aromatic nitrogens is 1. The number of hydrogen-bond acceptors (Lipinski definition) is 6. The third kappa shape index (κ3) is 4.27. The second kappa shape index (κ2) is 6.87. The summed E-state index contributed by atoms with van der Waals surface area (Å²) < 4.78 is 4.80. The Labute approximate surface area is 105 Å². The highest BCUT2D eigenvalue weighted by atomic mass is 16.6. The topological polar surface area (TPSA) is 97.5 Å². The van der Waals surface area contributed by atoms with E-state index < -0.39 is 11.0 Å². The van der Waals surface area contributed by atoms with Crippen molar-refractivity contribution in [2.75, 3.05) is 25.6 Å². The molecule has 0 saturated heterocycles. The number of nitrogens with one attached hydrogen (secondary N) is 1. The third-order valence-corrected chi connectivity index (χ3v) is 2.40. The van der Waals surface area contributed by atoms with Crippen molar-refractivity contribution >= 4 is 11.5 Å². The van der Waals surface area contributed by atoms with Crippen LogP contribution in [0.15, 0.2) is 12.1 Å². The summed E-state index contributed by atoms with van der Waals surface area (Å²) in [7, 11) is 1.53. The molecule has 1 heterocycles. The quantitative estimate of drug-likeness (QED) is 0.559. The van der Waals surface area contributed by atoms with Crippen molar-refractivity contribution < 1.29 is 14.8 Å². The molecule has 18 heavy (non-hydrogen) atoms. The molecule has 1 unspecified atom stereocenters. The van der Waals surface area contributed by atoms with Gasteiger partial charge in [-0.1, -0.05) is 0 Å². The number of methoxy groups -OCH3 is 1. The number of aliphatic hydroxyl groups excluding tert-OH is 1. The average Bonchev–Trinajstić information content (AvgIpc) is 2.29. The third-order valence-electron chi connectivity index (χ3n) is 2.40. The van der Waals surface area contributed by atoms with Crippen molar-refractivity contribution in [2.45, 2.75) is 19.4 Å². The summed E-state index contributed by atoms with van der Waals surface area (Å²) in [5.41, 5.74) is 0.363. The molecule has 0 saturated carbocycles. The van der Waals surface area contributed by atoms with E-state index >= 15 is 0 Å². The molecule has 0 radical (unpaired) electrons. The molecule has 100 valence electrons. The first-order chi connectivity index (χ1) is 8.54. The van der Waals surface area contributed by atoms with Crippen LogP contribution >= 0.6 is 0 Å². The number of anilines is 1. The van der Waals surface area contributed by atoms with Gasteiger partial charge in [-0.2, -0.15) is 0 Å². The fourth-order valence-corrected chi connectivity index (χ4v) is 1.49. The largest absolute Gasteiger partial charge is 0.391 e. The van der Waals surface area contributed by atoms with Crippen LogP contribution < -0.4 is 5.32 Å². The van der Waals surface area contributed by atoms with E-state index in [0.717, 1.165) is 0 Å². The SMILES string of the molecule is COCC(O)CCNc1ccc([N+](=O)[O-])c(C)n1. The number of nitrogens with zero attached hydrogens (tertiary/aromatic N) is 2. The van der Waals surface area contributed by atoms with Gasteiger partial charge >= 0.3 is 0 Å². The first kappa shape index (κ1) is 14.3. The van der Waals surface area contributed by atoms with Gasteiger partial charge in [0.05, 0.1) is 17.6 Å². The smallest absolute Gasteiger partial charge is 0.290 e. The van der Waals surface area contributed by atoms with E-state index in [-0.39, 0.29) is 12.3 Å². The number of hydrogen-bond donors (Lipinski definition) is 2. The van der Waals surface area contributed by atoms with Gasteiger partial charge in [-0.25, -0.2) is 4.98 Å². The number of ether oxygens (including phenoxy) is 1. The standard InChI is InChI=1S/C11H17N3O4/c1-8-10(14(16)17)3-4-11(13-8)12-6-5-9(15)7-18-2/h3-4,9,15H,5-7H2,1-2H3,(H,12,13). The van der Waals surface area contributed by atoms with Crippen LogP contribution in [0.4, 0.5) is 11.5 Å². The Bertz CT molecular complexity index is 411. The summed E-state index contributed by atoms with van der Waals surface area (Å²) in [6, 6.07) is 2.96. The van der Waals surface area contributed by atoms with Crippen molar-refractivity contribution in [3.63, 3.8) is 0 Å². The predicted octanol–water partition coefficient (Wildman–Crippen LogP) is 1.11. The molecular formula is C11H17N3O4. The lowest BCUT2D eigenvalue weighted by molar-refractivity contribution is -0.385. The van der Waals surface area contributed by atoms with Gasteiger partial charge in [-0.05, 0) is 19.4 Å². The Hall–Kier alpha value is -1.73. The highest BCUT2D eigenvalue weighted by Gasteiger charge is 2.11. The molecule has 7 heteroatoms. The number of nitro groups is 1. The van der Waals surface area contributed by atoms with E-state index in [4.69, 9.17) is 4.74 Å². The van der Waals surface area contributed by atoms with Crippen LogP contribution in [0.3, 0.4) is 0 Å². The second-order valence-corrected chi connectivity index (χ2v) is 3.88. The molecule has 1 rings (SSSR count). The van der Waals surface area contributed by atoms with Crippen molar-refractivity contribution in [3.8, 4) is 0 Å². The van der Waals surface area contributed by atoms with Gasteiger partial charge in [0, 0.05) is 19.7 Å². The number of rotatable bonds is 7. The van der Waals surface area contributed by atoms with E-state index in [1.165, 1.54) is 13.2 Å². The maximum absolute atomic E-state index is 10.6. The van der Waals surface area contributed by atoms with E-state index in [0.29, 0.717) is 24.5 Å². The molecule has 1 aromatic rings. The molecule has 7 nitrogen and oxygen atoms in total. The van der Waals surface area contributed by atoms with Crippen molar-refractivity contribution in [1.82, 2.24) is 4.98 Å². The molecule has 0 bridgehead atoms. The lowest BCUT2D eigenvalue weighted by Gasteiger charge is -2.10. The summed E-state index contributed by atoms with van der Waals surface area (Å²) in [5.74, 6) is 0.558. The zero-order valence-electron chi connectivity index (χ0n) is 10.4. The molecule has 0 aliphatic rings. The molecule has 0 aliphatic heterocycles. The molecule has 0 aliphatic carbocycles. The summed E-state index contributed by atoms with van der Waals surface area (Å²) in [5, 5.41) is 23.0. The molecule has 0 aromatic carbocycles. The number of aliphatic hydroxyl groups is 1. The molecular weight excluding hydrogens is 238 g/mol. The van der Waals surface area contributed by atoms with Crippen molar-refractivity contribution in [3.05, 3.63) is 27.9 Å². The first-order valence-corrected chi connectivity index (χ1v) is 5.57. The van der Waals surface area contributed by atoms with Crippen LogP contribution in [0.2, 0.25) is 0 Å². The fraction of sp³-hybridized carbons (Fsp3) is 0.545. The highest BCUT2D eigenvalue weighted by Crippen LogP contribution is 2.17. The Balaban J connectivity index is 2.49. The van der Waals surface area contributed by atoms with Crippen LogP contribution in [0.1, 0.15) is 12.1 Å². The maximum Gasteiger partial charge on any atom is 0.290 e. The van der Waals surface area contributed by atoms with E-state index in [2.05, 4.69) is 10.3 Å². The normalized spacial score (nSPS) is 12.2. The maximum atomic E-state index is 10.6. The molecule has 0 amide bonds. The predicted molar refractivity (Wildman–Crippen MR) is 66.6 cm³/mol. The van der Waals surface area contributed by atoms with Crippen LogP contribution in [-0.4, -0.2) is 41.4 Å². The molecule has 0 fully saturated rings. The number of aryl methyl sites for hydroxylation is 1. The van der Waals surface area contributed by atoms with Gasteiger partial charge in [0.2, 0.25) is 0 Å². The molecule has 1 atom stereocenters. The van der Waals surface area contributed by atoms with Crippen LogP contribution in [0, 0.1) is 17.0 Å². The Kier molecular flexibility index (Phi) is 5.47. The average molecular weight is 255 g/mol. The Morgan fingerprint density at radius 2 is 2.33 bits per heavy atom. The lowest BCUT2D eigenvalue weighted by Crippen LogP contribution is -2.18. The molecule has 2 N–H and O–H groups in total. The van der Waals surface area contributed by atoms with Gasteiger partial charge in [0.15, 0.2) is 0 Å². The summed E-state index contributed by atoms with van der Waals surface area (Å²) in [6.45, 7) is 2.40. The van der Waals surface area contributed by atoms with E-state index in [1.807, 2.05) is 0 Å². The van der Waals surface area contributed by atoms with E-state index in [9.17, 15) is 15.2 Å². The lowest BCUT2D eigenvalue weighted by atomic mass is 10.2. The Morgan fingerprint density at radius 3 is 2.89 bits per heavy atom. The summed E-state index contributed by atoms with van der Waals surface area (Å²) in [4.78, 5) is 14.2. The van der Waals surface area contributed by atoms with Gasteiger partial charge in [-0.15, -0.1) is 0 Å². The minimum atomic E-state index is -0.526. The van der Waals surface area contributed by atoms with Gasteiger partial charge in [0.25, 0.3) is 5.69 Å². The van der Waals surface area contributed by atoms with Gasteiger partial charge in [-0.3, -0.25) is 10.1 Å². The first-order valence-electron chi connectivity index (χ1n) is 5.57. The highest BCUT2D eigenvalue weighted by molar-refractivity contribution is 5.44. The molecule has 0 spiro atoms. The van der Waals surface area contributed by atoms with Crippen LogP contribution in [0.5, 0.6) is 0 Å². The minimum absolute atomic E-state index is 0.0000299. The van der Waals surface area contributed by atoms with Gasteiger partial charge < -0.3 is 15.2 Å². The van der Waals surface area contributed by atoms with E-state index in [1.54, 1.807) is 13.0 Å². The monoisotopic (exact) mass is 255 g/mol. The zero-order chi connectivity index (χ0) is 13.5. The minimum Gasteiger partial charge on any atom is -0.391 e. The summed E-state index contributed by atoms with van der Waals surface area (Å²) in [6.07, 6.45) is -0.00685. The van der Waals surface area contributed by atoms with Crippen molar-refractivity contribution in [1.29, 1.82) is 0 Å². The Morgan fingerprint density at radius 1 is 1.61 bits per heavy atom. The van der Waals surface area contributed by atoms with Crippen LogP contribution in [-0.2, 0) is 4.74 Å². The summed E-state index contributed by atoms with van der Waals surface area (Å²) >= 11 is 0. The second-order valence-electron chi connectivity index (χ2n) is 3.88. The number of pyridine rings is 1.